The van der Waals surface area contributed by atoms with E-state index in [2.05, 4.69) is 20.8 Å². The van der Waals surface area contributed by atoms with Crippen LogP contribution in [0.4, 0.5) is 14.4 Å². The third-order valence-electron chi connectivity index (χ3n) is 13.3. The van der Waals surface area contributed by atoms with Crippen molar-refractivity contribution in [1.29, 1.82) is 0 Å². The summed E-state index contributed by atoms with van der Waals surface area (Å²) in [5.74, 6) is -0.283. The molecule has 7 unspecified atom stereocenters. The zero-order valence-corrected chi connectivity index (χ0v) is 46.3. The maximum absolute atomic E-state index is 14.4. The van der Waals surface area contributed by atoms with Crippen LogP contribution in [0.15, 0.2) is 24.4 Å². The van der Waals surface area contributed by atoms with Crippen molar-refractivity contribution in [2.75, 3.05) is 93.7 Å². The molecular weight excluding hydrogens is 1030 g/mol. The van der Waals surface area contributed by atoms with E-state index in [-0.39, 0.29) is 113 Å². The average molecular weight is 1100 g/mol. The van der Waals surface area contributed by atoms with Gasteiger partial charge in [-0.3, -0.25) is 39.1 Å². The van der Waals surface area contributed by atoms with Crippen LogP contribution in [0.25, 0.3) is 0 Å². The van der Waals surface area contributed by atoms with E-state index in [0.29, 0.717) is 28.8 Å². The molecule has 26 nitrogen and oxygen atoms in total. The van der Waals surface area contributed by atoms with Gasteiger partial charge < -0.3 is 33.5 Å². The highest BCUT2D eigenvalue weighted by Crippen LogP contribution is 2.44. The third-order valence-corrected chi connectivity index (χ3v) is 15.6. The largest absolute Gasteiger partial charge is 0.395 e. The van der Waals surface area contributed by atoms with E-state index in [1.54, 1.807) is 28.5 Å². The normalized spacial score (nSPS) is 23.6. The van der Waals surface area contributed by atoms with Gasteiger partial charge in [-0.2, -0.15) is 0 Å². The fourth-order valence-corrected chi connectivity index (χ4v) is 12.6. The summed E-state index contributed by atoms with van der Waals surface area (Å²) >= 11 is 8.25. The quantitative estimate of drug-likeness (QED) is 0.0969. The van der Waals surface area contributed by atoms with Crippen molar-refractivity contribution in [2.45, 2.75) is 111 Å². The number of amidine groups is 1. The first-order chi connectivity index (χ1) is 35.4. The Morgan fingerprint density at radius 2 is 1.14 bits per heavy atom. The number of amides is 7. The van der Waals surface area contributed by atoms with Gasteiger partial charge in [-0.25, -0.2) is 52.5 Å². The van der Waals surface area contributed by atoms with Gasteiger partial charge in [0.2, 0.25) is 5.91 Å². The maximum atomic E-state index is 14.4. The standard InChI is InChI=1S/C45H72N12O14S3/c1-11-30-19-31(72)46-39(47-34(30)73-25-56-35-33(51(20-66-7)43(56)63)32(29(6)18-27(2)3)38(59)52(35)21-67-8)74-26-57-37-36(53(22-68-9)45(57)65)55(44(64)54(37)23-69-10)24-70-16-13-49-40(60)48(12-15-58)41(61)50(42(49)62)14-17-71-28(4)5/h27-30,32-33,35-37,58H,11-26H2,1-10H3. The number of hydrogen-bond donors (Lipinski definition) is 1. The number of methoxy groups -OCH3 is 4. The van der Waals surface area contributed by atoms with E-state index in [4.69, 9.17) is 50.6 Å². The average Bonchev–Trinajstić information content (AvgIpc) is 3.93. The summed E-state index contributed by atoms with van der Waals surface area (Å²) in [6.45, 7) is 9.52. The lowest BCUT2D eigenvalue weighted by Crippen LogP contribution is -2.55. The molecule has 0 bridgehead atoms. The number of rotatable bonds is 27. The van der Waals surface area contributed by atoms with Gasteiger partial charge in [0.15, 0.2) is 17.5 Å². The zero-order chi connectivity index (χ0) is 54.1. The number of aliphatic hydroxyl groups excluding tert-OH is 1. The van der Waals surface area contributed by atoms with Crippen molar-refractivity contribution in [3.05, 3.63) is 31.5 Å². The second kappa shape index (κ2) is 26.5. The highest BCUT2D eigenvalue weighted by Gasteiger charge is 2.62. The van der Waals surface area contributed by atoms with Gasteiger partial charge in [-0.15, -0.1) is 0 Å². The Labute approximate surface area is 443 Å². The zero-order valence-electron chi connectivity index (χ0n) is 43.9. The molecule has 0 spiro atoms. The fourth-order valence-electron chi connectivity index (χ4n) is 10.2. The molecule has 1 aromatic heterocycles. The van der Waals surface area contributed by atoms with E-state index in [9.17, 15) is 38.7 Å². The molecular formula is C45H72N12O14S3. The summed E-state index contributed by atoms with van der Waals surface area (Å²) in [6, 6.07) is -1.77. The van der Waals surface area contributed by atoms with Crippen LogP contribution in [0.2, 0.25) is 0 Å². The van der Waals surface area contributed by atoms with Crippen LogP contribution in [0.1, 0.15) is 60.8 Å². The van der Waals surface area contributed by atoms with Crippen LogP contribution in [0.3, 0.4) is 0 Å². The van der Waals surface area contributed by atoms with Crippen LogP contribution in [0.5, 0.6) is 0 Å². The van der Waals surface area contributed by atoms with Crippen molar-refractivity contribution in [3.8, 4) is 0 Å². The van der Waals surface area contributed by atoms with Gasteiger partial charge in [0.05, 0.1) is 74.3 Å². The number of thioether (sulfide) groups is 2. The van der Waals surface area contributed by atoms with E-state index < -0.39 is 66.2 Å². The molecule has 29 heteroatoms. The topological polar surface area (TPSA) is 257 Å². The molecule has 5 aliphatic heterocycles. The molecule has 0 saturated carbocycles. The molecule has 74 heavy (non-hydrogen) atoms. The monoisotopic (exact) mass is 1100 g/mol. The smallest absolute Gasteiger partial charge is 0.336 e. The highest BCUT2D eigenvalue weighted by molar-refractivity contribution is 8.15. The first kappa shape index (κ1) is 58.8. The number of aromatic nitrogens is 3. The lowest BCUT2D eigenvalue weighted by molar-refractivity contribution is -0.139. The lowest BCUT2D eigenvalue weighted by Gasteiger charge is -2.30. The molecule has 7 amide bonds. The van der Waals surface area contributed by atoms with Gasteiger partial charge in [-0.05, 0) is 38.5 Å². The Kier molecular flexibility index (Phi) is 21.1. The van der Waals surface area contributed by atoms with Crippen LogP contribution in [0, 0.1) is 23.7 Å². The van der Waals surface area contributed by atoms with Gasteiger partial charge in [-0.1, -0.05) is 63.4 Å². The number of urea groups is 3. The number of ether oxygens (including phenoxy) is 6. The van der Waals surface area contributed by atoms with Crippen LogP contribution < -0.4 is 17.1 Å². The second-order valence-electron chi connectivity index (χ2n) is 19.1. The van der Waals surface area contributed by atoms with Crippen LogP contribution >= 0.6 is 35.7 Å². The molecule has 5 aliphatic rings. The van der Waals surface area contributed by atoms with Crippen LogP contribution in [-0.2, 0) is 52.8 Å². The Balaban J connectivity index is 1.20. The molecule has 1 N–H and O–H groups in total. The fraction of sp³-hybridized carbons (Fsp3) is 0.778. The minimum Gasteiger partial charge on any atom is -0.395 e. The molecule has 7 atom stereocenters. The minimum atomic E-state index is -0.957. The number of hydrogen-bond acceptors (Lipinski definition) is 18. The first-order valence-corrected chi connectivity index (χ1v) is 27.0. The van der Waals surface area contributed by atoms with Crippen LogP contribution in [-0.4, -0.2) is 217 Å². The van der Waals surface area contributed by atoms with E-state index in [1.807, 2.05) is 6.92 Å². The van der Waals surface area contributed by atoms with Gasteiger partial charge >= 0.3 is 35.2 Å². The van der Waals surface area contributed by atoms with E-state index >= 15 is 0 Å². The van der Waals surface area contributed by atoms with Gasteiger partial charge in [0, 0.05) is 40.8 Å². The summed E-state index contributed by atoms with van der Waals surface area (Å²) in [5, 5.41) is 10.5. The molecule has 414 valence electrons. The Hall–Kier alpha value is -4.46. The van der Waals surface area contributed by atoms with Gasteiger partial charge in [0.25, 0.3) is 0 Å². The summed E-state index contributed by atoms with van der Waals surface area (Å²) in [5.41, 5.74) is -2.71. The maximum Gasteiger partial charge on any atom is 0.336 e. The number of aliphatic hydroxyl groups is 1. The second-order valence-corrected chi connectivity index (χ2v) is 21.4. The van der Waals surface area contributed by atoms with E-state index in [1.165, 1.54) is 59.8 Å². The molecule has 0 aromatic carbocycles. The number of nitrogens with zero attached hydrogens (tertiary/aromatic N) is 12. The number of carbonyl (C=O) groups excluding carboxylic acids is 4. The molecule has 6 heterocycles. The predicted octanol–water partition coefficient (Wildman–Crippen LogP) is 1.57. The molecule has 1 aromatic rings. The van der Waals surface area contributed by atoms with Crippen molar-refractivity contribution in [3.63, 3.8) is 0 Å². The summed E-state index contributed by atoms with van der Waals surface area (Å²) in [7, 11) is 5.87. The molecule has 0 radical (unpaired) electrons. The number of thiocarbonyl (C=S) groups is 1. The summed E-state index contributed by atoms with van der Waals surface area (Å²) in [4.78, 5) is 118. The summed E-state index contributed by atoms with van der Waals surface area (Å²) < 4.78 is 35.9. The minimum absolute atomic E-state index is 0.00487. The Morgan fingerprint density at radius 1 is 0.635 bits per heavy atom. The predicted molar refractivity (Wildman–Crippen MR) is 278 cm³/mol. The first-order valence-electron chi connectivity index (χ1n) is 24.6. The Bertz CT molecular complexity index is 2430. The van der Waals surface area contributed by atoms with Crippen molar-refractivity contribution < 1.29 is 52.7 Å². The molecule has 4 saturated heterocycles. The van der Waals surface area contributed by atoms with E-state index in [0.717, 1.165) is 31.9 Å². The molecule has 4 fully saturated rings. The molecule has 0 aliphatic carbocycles. The van der Waals surface area contributed by atoms with Crippen molar-refractivity contribution in [2.24, 2.45) is 33.7 Å². The Morgan fingerprint density at radius 3 is 1.70 bits per heavy atom. The van der Waals surface area contributed by atoms with Crippen molar-refractivity contribution in [1.82, 2.24) is 48.0 Å². The van der Waals surface area contributed by atoms with Gasteiger partial charge in [0.1, 0.15) is 44.8 Å². The summed E-state index contributed by atoms with van der Waals surface area (Å²) in [6.07, 6.45) is -0.815. The SMILES string of the molecule is CCC1CC(=S)N=C(SCN2C(=O)N(COC)C3C2N(COC)C(=O)N3COCCn2c(=O)n(CCO)c(=O)n(CCOC(C)C)c2=O)N=C1SCN1C(=O)N(COC)C2C(C(C)CC(C)C)C(=O)N(COC)C21. The lowest BCUT2D eigenvalue weighted by atomic mass is 9.83. The number of fused-ring (bicyclic) bond motifs is 2. The highest BCUT2D eigenvalue weighted by atomic mass is 32.2. The third kappa shape index (κ3) is 12.4. The number of aliphatic imine (C=N–C) groups is 2. The number of likely N-dealkylation sites (tertiary alicyclic amines) is 1. The number of carbonyl (C=O) groups is 4. The molecule has 6 rings (SSSR count). The van der Waals surface area contributed by atoms with Crippen molar-refractivity contribution >= 4 is 74.9 Å².